The first-order chi connectivity index (χ1) is 12.0. The Hall–Kier alpha value is -1.91. The number of carboxylic acids is 1. The van der Waals surface area contributed by atoms with Crippen LogP contribution in [0.15, 0.2) is 18.3 Å². The van der Waals surface area contributed by atoms with E-state index in [2.05, 4.69) is 12.2 Å². The van der Waals surface area contributed by atoms with Crippen LogP contribution in [0, 0.1) is 6.92 Å². The van der Waals surface area contributed by atoms with Crippen molar-refractivity contribution in [1.29, 1.82) is 0 Å². The number of nitrogens with one attached hydrogen (secondary N) is 1. The van der Waals surface area contributed by atoms with Crippen LogP contribution in [0.1, 0.15) is 76.8 Å². The van der Waals surface area contributed by atoms with Gasteiger partial charge in [-0.3, -0.25) is 4.79 Å². The zero-order valence-corrected chi connectivity index (χ0v) is 15.7. The molecule has 0 radical (unpaired) electrons. The number of hydrogen-bond acceptors (Lipinski definition) is 3. The van der Waals surface area contributed by atoms with Crippen molar-refractivity contribution in [2.24, 2.45) is 0 Å². The molecule has 0 unspecified atom stereocenters. The van der Waals surface area contributed by atoms with E-state index < -0.39 is 5.97 Å². The van der Waals surface area contributed by atoms with Crippen LogP contribution in [0.25, 0.3) is 0 Å². The van der Waals surface area contributed by atoms with Gasteiger partial charge in [0.2, 0.25) is 5.91 Å². The average molecular weight is 348 g/mol. The third kappa shape index (κ3) is 9.85. The molecular formula is C20H32N2O3. The van der Waals surface area contributed by atoms with Gasteiger partial charge in [-0.25, -0.2) is 0 Å². The summed E-state index contributed by atoms with van der Waals surface area (Å²) in [5.74, 6) is -1.12. The minimum absolute atomic E-state index is 0.0139. The van der Waals surface area contributed by atoms with Gasteiger partial charge in [-0.1, -0.05) is 58.3 Å². The summed E-state index contributed by atoms with van der Waals surface area (Å²) in [6.45, 7) is 3.85. The van der Waals surface area contributed by atoms with Gasteiger partial charge in [0.15, 0.2) is 18.4 Å². The number of aryl methyl sites for hydroxylation is 1. The number of carbonyl (C=O) groups is 2. The molecule has 0 spiro atoms. The second-order valence-corrected chi connectivity index (χ2v) is 6.68. The van der Waals surface area contributed by atoms with Gasteiger partial charge < -0.3 is 15.2 Å². The molecule has 0 atom stereocenters. The lowest BCUT2D eigenvalue weighted by Crippen LogP contribution is -2.45. The molecule has 5 heteroatoms. The molecule has 1 rings (SSSR count). The molecular weight excluding hydrogens is 316 g/mol. The smallest absolute Gasteiger partial charge is 0.224 e. The maximum atomic E-state index is 12.0. The number of nitrogens with zero attached hydrogens (tertiary/aromatic N) is 1. The monoisotopic (exact) mass is 348 g/mol. The van der Waals surface area contributed by atoms with Gasteiger partial charge in [0.05, 0.1) is 5.69 Å². The minimum atomic E-state index is -1.13. The summed E-state index contributed by atoms with van der Waals surface area (Å²) in [6, 6.07) is 3.49. The molecule has 1 heterocycles. The van der Waals surface area contributed by atoms with Crippen molar-refractivity contribution >= 4 is 17.6 Å². The number of carbonyl (C=O) groups excluding carboxylic acids is 2. The molecule has 0 aliphatic carbocycles. The summed E-state index contributed by atoms with van der Waals surface area (Å²) in [6.07, 6.45) is 13.3. The summed E-state index contributed by atoms with van der Waals surface area (Å²) in [7, 11) is 0. The lowest BCUT2D eigenvalue weighted by molar-refractivity contribution is -0.696. The lowest BCUT2D eigenvalue weighted by Gasteiger charge is -2.07. The number of carboxylic acid groups (broad SMARTS) is 1. The topological polar surface area (TPSA) is 73.1 Å². The molecule has 1 amide bonds. The Morgan fingerprint density at radius 3 is 2.20 bits per heavy atom. The Morgan fingerprint density at radius 1 is 1.04 bits per heavy atom. The number of rotatable bonds is 13. The van der Waals surface area contributed by atoms with E-state index in [1.165, 1.54) is 44.9 Å². The highest BCUT2D eigenvalue weighted by molar-refractivity contribution is 5.90. The highest BCUT2D eigenvalue weighted by Gasteiger charge is 2.09. The van der Waals surface area contributed by atoms with Crippen LogP contribution in [-0.2, 0) is 16.1 Å². The molecule has 0 fully saturated rings. The summed E-state index contributed by atoms with van der Waals surface area (Å²) < 4.78 is 1.57. The van der Waals surface area contributed by atoms with Gasteiger partial charge in [-0.15, -0.1) is 0 Å². The van der Waals surface area contributed by atoms with Crippen molar-refractivity contribution in [2.45, 2.75) is 84.6 Å². The van der Waals surface area contributed by atoms with Gasteiger partial charge >= 0.3 is 0 Å². The number of aromatic nitrogens is 1. The zero-order chi connectivity index (χ0) is 18.5. The van der Waals surface area contributed by atoms with Crippen LogP contribution in [0.5, 0.6) is 0 Å². The number of unbranched alkanes of at least 4 members (excludes halogenated alkanes) is 8. The number of hydrogen-bond donors (Lipinski definition) is 1. The Kier molecular flexibility index (Phi) is 10.5. The summed E-state index contributed by atoms with van der Waals surface area (Å²) in [5, 5.41) is 13.5. The number of aliphatic carboxylic acids is 1. The molecule has 0 aromatic carbocycles. The summed E-state index contributed by atoms with van der Waals surface area (Å²) >= 11 is 0. The maximum absolute atomic E-state index is 12.0. The molecule has 140 valence electrons. The fourth-order valence-corrected chi connectivity index (χ4v) is 2.86. The molecule has 0 bridgehead atoms. The van der Waals surface area contributed by atoms with Crippen molar-refractivity contribution in [3.8, 4) is 0 Å². The van der Waals surface area contributed by atoms with Gasteiger partial charge in [-0.2, -0.15) is 4.57 Å². The number of anilines is 1. The second kappa shape index (κ2) is 12.5. The van der Waals surface area contributed by atoms with Gasteiger partial charge in [0, 0.05) is 25.5 Å². The zero-order valence-electron chi connectivity index (χ0n) is 15.7. The summed E-state index contributed by atoms with van der Waals surface area (Å²) in [4.78, 5) is 22.6. The molecule has 1 aromatic rings. The van der Waals surface area contributed by atoms with Crippen molar-refractivity contribution < 1.29 is 19.3 Å². The fraction of sp³-hybridized carbons (Fsp3) is 0.650. The van der Waals surface area contributed by atoms with E-state index in [4.69, 9.17) is 0 Å². The van der Waals surface area contributed by atoms with Crippen LogP contribution in [0.4, 0.5) is 5.69 Å². The molecule has 0 aliphatic heterocycles. The van der Waals surface area contributed by atoms with Gasteiger partial charge in [0.25, 0.3) is 0 Å². The molecule has 0 aliphatic rings. The van der Waals surface area contributed by atoms with Gasteiger partial charge in [0.1, 0.15) is 5.97 Å². The first kappa shape index (κ1) is 21.1. The van der Waals surface area contributed by atoms with Crippen LogP contribution < -0.4 is 15.0 Å². The predicted molar refractivity (Wildman–Crippen MR) is 96.9 cm³/mol. The molecule has 0 saturated heterocycles. The third-order valence-corrected chi connectivity index (χ3v) is 4.34. The molecule has 25 heavy (non-hydrogen) atoms. The van der Waals surface area contributed by atoms with E-state index in [-0.39, 0.29) is 12.5 Å². The molecule has 1 N–H and O–H groups in total. The first-order valence-corrected chi connectivity index (χ1v) is 9.52. The van der Waals surface area contributed by atoms with Crippen LogP contribution in [0.3, 0.4) is 0 Å². The molecule has 1 aromatic heterocycles. The number of pyridine rings is 1. The third-order valence-electron chi connectivity index (χ3n) is 4.34. The van der Waals surface area contributed by atoms with Crippen LogP contribution >= 0.6 is 0 Å². The van der Waals surface area contributed by atoms with E-state index in [1.54, 1.807) is 29.8 Å². The van der Waals surface area contributed by atoms with Crippen molar-refractivity contribution in [3.63, 3.8) is 0 Å². The SMILES string of the molecule is CCCCCCCCCCCC(=O)Nc1cc[n+](CC(=O)[O-])c(C)c1. The highest BCUT2D eigenvalue weighted by atomic mass is 16.4. The Labute approximate surface area is 151 Å². The maximum Gasteiger partial charge on any atom is 0.224 e. The predicted octanol–water partition coefficient (Wildman–Crippen LogP) is 2.89. The van der Waals surface area contributed by atoms with Crippen molar-refractivity contribution in [3.05, 3.63) is 24.0 Å². The first-order valence-electron chi connectivity index (χ1n) is 9.52. The van der Waals surface area contributed by atoms with E-state index in [9.17, 15) is 14.7 Å². The molecule has 0 saturated carbocycles. The van der Waals surface area contributed by atoms with Crippen LogP contribution in [-0.4, -0.2) is 11.9 Å². The van der Waals surface area contributed by atoms with E-state index in [0.29, 0.717) is 12.1 Å². The average Bonchev–Trinajstić information content (AvgIpc) is 2.55. The Bertz CT molecular complexity index is 544. The van der Waals surface area contributed by atoms with E-state index >= 15 is 0 Å². The molecule has 5 nitrogen and oxygen atoms in total. The van der Waals surface area contributed by atoms with Crippen molar-refractivity contribution in [2.75, 3.05) is 5.32 Å². The van der Waals surface area contributed by atoms with E-state index in [0.717, 1.165) is 18.5 Å². The quantitative estimate of drug-likeness (QED) is 0.440. The van der Waals surface area contributed by atoms with Gasteiger partial charge in [-0.05, 0) is 6.42 Å². The number of amides is 1. The van der Waals surface area contributed by atoms with Crippen molar-refractivity contribution in [1.82, 2.24) is 0 Å². The second-order valence-electron chi connectivity index (χ2n) is 6.68. The normalized spacial score (nSPS) is 10.6. The highest BCUT2D eigenvalue weighted by Crippen LogP contribution is 2.12. The Balaban J connectivity index is 2.18. The minimum Gasteiger partial charge on any atom is -0.544 e. The Morgan fingerprint density at radius 2 is 1.64 bits per heavy atom. The largest absolute Gasteiger partial charge is 0.544 e. The fourth-order valence-electron chi connectivity index (χ4n) is 2.86. The lowest BCUT2D eigenvalue weighted by atomic mass is 10.1. The standard InChI is InChI=1S/C20H32N2O3/c1-3-4-5-6-7-8-9-10-11-12-19(23)21-18-13-14-22(16-20(24)25)17(2)15-18/h13-15H,3-12,16H2,1-2H3,(H,24,25). The summed E-state index contributed by atoms with van der Waals surface area (Å²) in [5.41, 5.74) is 1.47. The van der Waals surface area contributed by atoms with Crippen LogP contribution in [0.2, 0.25) is 0 Å². The van der Waals surface area contributed by atoms with E-state index in [1.807, 2.05) is 0 Å².